The zero-order valence-corrected chi connectivity index (χ0v) is 22.5. The van der Waals surface area contributed by atoms with Gasteiger partial charge in [-0.05, 0) is 62.1 Å². The van der Waals surface area contributed by atoms with Gasteiger partial charge in [-0.2, -0.15) is 0 Å². The number of fused-ring (bicyclic) bond motifs is 5. The molecular weight excluding hydrogens is 494 g/mol. The van der Waals surface area contributed by atoms with E-state index in [4.69, 9.17) is 0 Å². The predicted octanol–water partition coefficient (Wildman–Crippen LogP) is 11.4. The zero-order chi connectivity index (χ0) is 27.2. The van der Waals surface area contributed by atoms with E-state index in [2.05, 4.69) is 169 Å². The molecule has 8 aromatic rings. The van der Waals surface area contributed by atoms with Gasteiger partial charge in [0.2, 0.25) is 0 Å². The summed E-state index contributed by atoms with van der Waals surface area (Å²) in [6.07, 6.45) is 0. The van der Waals surface area contributed by atoms with Crippen LogP contribution in [0.3, 0.4) is 0 Å². The van der Waals surface area contributed by atoms with Crippen LogP contribution < -0.4 is 4.90 Å². The summed E-state index contributed by atoms with van der Waals surface area (Å²) in [5.74, 6) is 0. The van der Waals surface area contributed by atoms with Crippen molar-refractivity contribution < 1.29 is 0 Å². The minimum atomic E-state index is 1.13. The fraction of sp³-hybridized carbons (Fsp3) is 0. The standard InChI is InChI=1S/C40H27N/c1-2-17-32(18-3-1)41(38-24-12-16-29-14-6-7-19-33(29)38)40-37-23-11-9-21-35(37)34-20-8-10-22-36(34)39(40)31-26-25-28-13-4-5-15-30(28)27-31/h1-27H. The van der Waals surface area contributed by atoms with Crippen molar-refractivity contribution in [2.75, 3.05) is 4.90 Å². The SMILES string of the molecule is c1ccc(N(c2cccc3ccccc23)c2c(-c3ccc4ccccc4c3)c3ccccc3c3ccccc23)cc1. The number of hydrogen-bond acceptors (Lipinski definition) is 1. The fourth-order valence-electron chi connectivity index (χ4n) is 6.36. The predicted molar refractivity (Wildman–Crippen MR) is 177 cm³/mol. The first-order chi connectivity index (χ1) is 20.4. The molecule has 0 amide bonds. The quantitative estimate of drug-likeness (QED) is 0.208. The highest BCUT2D eigenvalue weighted by Crippen LogP contribution is 2.50. The Labute approximate surface area is 239 Å². The Morgan fingerprint density at radius 1 is 0.341 bits per heavy atom. The van der Waals surface area contributed by atoms with Crippen molar-refractivity contribution in [3.05, 3.63) is 164 Å². The molecule has 1 heteroatoms. The van der Waals surface area contributed by atoms with Crippen molar-refractivity contribution in [3.8, 4) is 11.1 Å². The number of hydrogen-bond donors (Lipinski definition) is 0. The van der Waals surface area contributed by atoms with E-state index in [1.54, 1.807) is 0 Å². The van der Waals surface area contributed by atoms with Gasteiger partial charge in [-0.3, -0.25) is 0 Å². The van der Waals surface area contributed by atoms with Crippen molar-refractivity contribution in [2.45, 2.75) is 0 Å². The summed E-state index contributed by atoms with van der Waals surface area (Å²) < 4.78 is 0. The molecule has 0 aromatic heterocycles. The Morgan fingerprint density at radius 3 is 1.68 bits per heavy atom. The first-order valence-electron chi connectivity index (χ1n) is 14.1. The van der Waals surface area contributed by atoms with Crippen LogP contribution in [0.1, 0.15) is 0 Å². The maximum Gasteiger partial charge on any atom is 0.0625 e. The third-order valence-electron chi connectivity index (χ3n) is 8.19. The first kappa shape index (κ1) is 23.5. The Morgan fingerprint density at radius 2 is 0.902 bits per heavy atom. The van der Waals surface area contributed by atoms with Crippen molar-refractivity contribution >= 4 is 60.2 Å². The lowest BCUT2D eigenvalue weighted by molar-refractivity contribution is 1.32. The van der Waals surface area contributed by atoms with Crippen LogP contribution >= 0.6 is 0 Å². The molecule has 0 N–H and O–H groups in total. The summed E-state index contributed by atoms with van der Waals surface area (Å²) in [6, 6.07) is 59.3. The minimum absolute atomic E-state index is 1.13. The molecule has 0 saturated carbocycles. The molecule has 0 heterocycles. The normalized spacial score (nSPS) is 11.4. The van der Waals surface area contributed by atoms with Crippen molar-refractivity contribution in [1.82, 2.24) is 0 Å². The molecule has 192 valence electrons. The number of rotatable bonds is 4. The second-order valence-electron chi connectivity index (χ2n) is 10.5. The monoisotopic (exact) mass is 521 g/mol. The van der Waals surface area contributed by atoms with Crippen molar-refractivity contribution in [3.63, 3.8) is 0 Å². The van der Waals surface area contributed by atoms with E-state index in [9.17, 15) is 0 Å². The maximum absolute atomic E-state index is 2.47. The highest BCUT2D eigenvalue weighted by Gasteiger charge is 2.24. The van der Waals surface area contributed by atoms with Gasteiger partial charge in [0.25, 0.3) is 0 Å². The highest BCUT2D eigenvalue weighted by atomic mass is 15.1. The van der Waals surface area contributed by atoms with E-state index in [-0.39, 0.29) is 0 Å². The minimum Gasteiger partial charge on any atom is -0.309 e. The van der Waals surface area contributed by atoms with Crippen LogP contribution in [0.25, 0.3) is 54.2 Å². The third-order valence-corrected chi connectivity index (χ3v) is 8.19. The molecule has 0 atom stereocenters. The summed E-state index contributed by atoms with van der Waals surface area (Å²) in [7, 11) is 0. The molecule has 8 aromatic carbocycles. The largest absolute Gasteiger partial charge is 0.309 e. The second kappa shape index (κ2) is 9.66. The first-order valence-corrected chi connectivity index (χ1v) is 14.1. The molecule has 8 rings (SSSR count). The number of para-hydroxylation sites is 1. The number of anilines is 3. The van der Waals surface area contributed by atoms with Crippen LogP contribution in [-0.4, -0.2) is 0 Å². The van der Waals surface area contributed by atoms with E-state index in [0.29, 0.717) is 0 Å². The van der Waals surface area contributed by atoms with Crippen molar-refractivity contribution in [2.24, 2.45) is 0 Å². The van der Waals surface area contributed by atoms with Gasteiger partial charge in [0, 0.05) is 22.0 Å². The van der Waals surface area contributed by atoms with Gasteiger partial charge in [-0.15, -0.1) is 0 Å². The number of benzene rings is 8. The van der Waals surface area contributed by atoms with Gasteiger partial charge in [-0.25, -0.2) is 0 Å². The van der Waals surface area contributed by atoms with Crippen LogP contribution in [0, 0.1) is 0 Å². The Hall–Kier alpha value is -5.40. The second-order valence-corrected chi connectivity index (χ2v) is 10.5. The van der Waals surface area contributed by atoms with Gasteiger partial charge in [0.15, 0.2) is 0 Å². The molecule has 0 bridgehead atoms. The molecule has 0 saturated heterocycles. The molecule has 0 fully saturated rings. The lowest BCUT2D eigenvalue weighted by Gasteiger charge is -2.31. The van der Waals surface area contributed by atoms with Gasteiger partial charge in [0.1, 0.15) is 0 Å². The summed E-state index contributed by atoms with van der Waals surface area (Å²) in [5.41, 5.74) is 5.93. The molecule has 41 heavy (non-hydrogen) atoms. The van der Waals surface area contributed by atoms with Crippen molar-refractivity contribution in [1.29, 1.82) is 0 Å². The molecular formula is C40H27N. The molecule has 0 aliphatic rings. The van der Waals surface area contributed by atoms with E-state index < -0.39 is 0 Å². The summed E-state index contributed by atoms with van der Waals surface area (Å²) in [5, 5.41) is 9.93. The molecule has 1 nitrogen and oxygen atoms in total. The lowest BCUT2D eigenvalue weighted by atomic mass is 9.89. The van der Waals surface area contributed by atoms with Crippen LogP contribution in [0.15, 0.2) is 164 Å². The molecule has 0 unspecified atom stereocenters. The zero-order valence-electron chi connectivity index (χ0n) is 22.5. The summed E-state index contributed by atoms with van der Waals surface area (Å²) in [4.78, 5) is 2.47. The average molecular weight is 522 g/mol. The summed E-state index contributed by atoms with van der Waals surface area (Å²) >= 11 is 0. The van der Waals surface area contributed by atoms with Gasteiger partial charge < -0.3 is 4.90 Å². The van der Waals surface area contributed by atoms with Gasteiger partial charge >= 0.3 is 0 Å². The average Bonchev–Trinajstić information content (AvgIpc) is 3.05. The topological polar surface area (TPSA) is 3.24 Å². The maximum atomic E-state index is 2.47. The number of nitrogens with zero attached hydrogens (tertiary/aromatic N) is 1. The Balaban J connectivity index is 1.58. The van der Waals surface area contributed by atoms with E-state index in [0.717, 1.165) is 11.4 Å². The molecule has 0 spiro atoms. The summed E-state index contributed by atoms with van der Waals surface area (Å²) in [6.45, 7) is 0. The van der Waals surface area contributed by atoms with Crippen LogP contribution in [0.2, 0.25) is 0 Å². The highest BCUT2D eigenvalue weighted by molar-refractivity contribution is 6.23. The molecule has 0 aliphatic carbocycles. The molecule has 0 radical (unpaired) electrons. The van der Waals surface area contributed by atoms with Gasteiger partial charge in [0.05, 0.1) is 11.4 Å². The van der Waals surface area contributed by atoms with E-state index >= 15 is 0 Å². The van der Waals surface area contributed by atoms with Crippen LogP contribution in [0.5, 0.6) is 0 Å². The van der Waals surface area contributed by atoms with Crippen LogP contribution in [0.4, 0.5) is 17.1 Å². The van der Waals surface area contributed by atoms with E-state index in [1.807, 2.05) is 0 Å². The lowest BCUT2D eigenvalue weighted by Crippen LogP contribution is -2.12. The van der Waals surface area contributed by atoms with E-state index in [1.165, 1.54) is 59.9 Å². The Bertz CT molecular complexity index is 2210. The van der Waals surface area contributed by atoms with Gasteiger partial charge in [-0.1, -0.05) is 140 Å². The smallest absolute Gasteiger partial charge is 0.0625 e. The fourth-order valence-corrected chi connectivity index (χ4v) is 6.36. The van der Waals surface area contributed by atoms with Crippen LogP contribution in [-0.2, 0) is 0 Å². The third kappa shape index (κ3) is 3.86. The molecule has 0 aliphatic heterocycles. The Kier molecular flexibility index (Phi) is 5.53.